The first-order valence-corrected chi connectivity index (χ1v) is 5.11. The quantitative estimate of drug-likeness (QED) is 0.656. The molecule has 76 valence electrons. The van der Waals surface area contributed by atoms with Crippen LogP contribution >= 0.6 is 0 Å². The van der Waals surface area contributed by atoms with E-state index in [1.54, 1.807) is 7.05 Å². The highest BCUT2D eigenvalue weighted by Crippen LogP contribution is 2.16. The zero-order chi connectivity index (χ0) is 9.97. The van der Waals surface area contributed by atoms with Gasteiger partial charge in [0.15, 0.2) is 0 Å². The van der Waals surface area contributed by atoms with Crippen molar-refractivity contribution in [2.75, 3.05) is 12.4 Å². The van der Waals surface area contributed by atoms with Gasteiger partial charge in [-0.25, -0.2) is 4.98 Å². The average Bonchev–Trinajstić information content (AvgIpc) is 2.42. The Kier molecular flexibility index (Phi) is 2.52. The van der Waals surface area contributed by atoms with Crippen LogP contribution in [0.15, 0.2) is 4.79 Å². The molecule has 1 aromatic heterocycles. The molecule has 0 saturated heterocycles. The molecule has 0 spiro atoms. The monoisotopic (exact) mass is 193 g/mol. The van der Waals surface area contributed by atoms with E-state index >= 15 is 0 Å². The Morgan fingerprint density at radius 1 is 1.29 bits per heavy atom. The predicted octanol–water partition coefficient (Wildman–Crippen LogP) is 1.08. The summed E-state index contributed by atoms with van der Waals surface area (Å²) < 4.78 is 0. The highest BCUT2D eigenvalue weighted by Gasteiger charge is 2.13. The highest BCUT2D eigenvalue weighted by atomic mass is 16.1. The highest BCUT2D eigenvalue weighted by molar-refractivity contribution is 5.29. The third-order valence-corrected chi connectivity index (χ3v) is 2.68. The largest absolute Gasteiger partial charge is 0.359 e. The molecule has 1 aliphatic rings. The number of aromatic amines is 1. The predicted molar refractivity (Wildman–Crippen MR) is 55.7 cm³/mol. The van der Waals surface area contributed by atoms with Crippen LogP contribution < -0.4 is 10.9 Å². The Morgan fingerprint density at radius 2 is 2.07 bits per heavy atom. The fourth-order valence-electron chi connectivity index (χ4n) is 1.90. The Hall–Kier alpha value is -1.32. The third-order valence-electron chi connectivity index (χ3n) is 2.68. The first kappa shape index (κ1) is 9.24. The molecule has 1 heterocycles. The first-order chi connectivity index (χ1) is 6.81. The van der Waals surface area contributed by atoms with E-state index in [0.29, 0.717) is 5.95 Å². The first-order valence-electron chi connectivity index (χ1n) is 5.11. The van der Waals surface area contributed by atoms with Gasteiger partial charge in [-0.15, -0.1) is 0 Å². The molecule has 0 bridgehead atoms. The summed E-state index contributed by atoms with van der Waals surface area (Å²) in [6, 6.07) is 0. The van der Waals surface area contributed by atoms with Crippen molar-refractivity contribution in [3.05, 3.63) is 21.6 Å². The fraction of sp³-hybridized carbons (Fsp3) is 0.600. The van der Waals surface area contributed by atoms with E-state index in [9.17, 15) is 4.79 Å². The Balaban J connectivity index is 2.48. The van der Waals surface area contributed by atoms with Crippen LogP contribution in [-0.2, 0) is 12.8 Å². The van der Waals surface area contributed by atoms with E-state index in [4.69, 9.17) is 0 Å². The second-order valence-electron chi connectivity index (χ2n) is 3.65. The van der Waals surface area contributed by atoms with Gasteiger partial charge in [-0.3, -0.25) is 9.78 Å². The van der Waals surface area contributed by atoms with Crippen LogP contribution in [0, 0.1) is 0 Å². The van der Waals surface area contributed by atoms with E-state index in [2.05, 4.69) is 15.3 Å². The standard InChI is InChI=1S/C10H15N3O/c1-11-10-12-8-6-4-2-3-5-7(8)9(14)13-10/h2-6H2,1H3,(H2,11,12,13,14). The number of nitrogens with zero attached hydrogens (tertiary/aromatic N) is 1. The summed E-state index contributed by atoms with van der Waals surface area (Å²) in [5.41, 5.74) is 1.90. The van der Waals surface area contributed by atoms with E-state index < -0.39 is 0 Å². The van der Waals surface area contributed by atoms with Crippen LogP contribution in [0.1, 0.15) is 30.5 Å². The van der Waals surface area contributed by atoms with Crippen LogP contribution in [0.4, 0.5) is 5.95 Å². The molecule has 0 unspecified atom stereocenters. The summed E-state index contributed by atoms with van der Waals surface area (Å²) in [6.45, 7) is 0. The summed E-state index contributed by atoms with van der Waals surface area (Å²) in [5.74, 6) is 0.579. The molecule has 1 aliphatic carbocycles. The van der Waals surface area contributed by atoms with Gasteiger partial charge in [0.05, 0.1) is 5.69 Å². The summed E-state index contributed by atoms with van der Waals surface area (Å²) >= 11 is 0. The molecule has 2 N–H and O–H groups in total. The zero-order valence-corrected chi connectivity index (χ0v) is 8.39. The topological polar surface area (TPSA) is 57.8 Å². The van der Waals surface area contributed by atoms with Gasteiger partial charge in [0.1, 0.15) is 0 Å². The number of hydrogen-bond acceptors (Lipinski definition) is 3. The molecule has 4 nitrogen and oxygen atoms in total. The maximum absolute atomic E-state index is 11.7. The van der Waals surface area contributed by atoms with Gasteiger partial charge in [-0.05, 0) is 25.7 Å². The maximum Gasteiger partial charge on any atom is 0.255 e. The summed E-state index contributed by atoms with van der Waals surface area (Å²) in [7, 11) is 1.77. The molecule has 1 aromatic rings. The second-order valence-corrected chi connectivity index (χ2v) is 3.65. The summed E-state index contributed by atoms with van der Waals surface area (Å²) in [4.78, 5) is 18.8. The number of aryl methyl sites for hydroxylation is 1. The molecule has 2 rings (SSSR count). The number of hydrogen-bond donors (Lipinski definition) is 2. The van der Waals surface area contributed by atoms with Crippen molar-refractivity contribution in [1.82, 2.24) is 9.97 Å². The number of nitrogens with one attached hydrogen (secondary N) is 2. The Labute approximate surface area is 82.8 Å². The van der Waals surface area contributed by atoms with E-state index in [0.717, 1.165) is 36.9 Å². The van der Waals surface area contributed by atoms with E-state index in [-0.39, 0.29) is 5.56 Å². The maximum atomic E-state index is 11.7. The lowest BCUT2D eigenvalue weighted by atomic mass is 10.1. The third kappa shape index (κ3) is 1.64. The Bertz CT molecular complexity index is 383. The van der Waals surface area contributed by atoms with Crippen molar-refractivity contribution >= 4 is 5.95 Å². The number of anilines is 1. The Morgan fingerprint density at radius 3 is 2.86 bits per heavy atom. The SMILES string of the molecule is CNc1nc2c(c(=O)[nH]1)CCCCC2. The zero-order valence-electron chi connectivity index (χ0n) is 8.39. The lowest BCUT2D eigenvalue weighted by molar-refractivity contribution is 0.708. The molecule has 0 radical (unpaired) electrons. The van der Waals surface area contributed by atoms with Crippen LogP contribution in [0.3, 0.4) is 0 Å². The molecule has 0 atom stereocenters. The van der Waals surface area contributed by atoms with Crippen LogP contribution in [0.5, 0.6) is 0 Å². The summed E-state index contributed by atoms with van der Waals surface area (Å²) in [6.07, 6.45) is 5.27. The number of rotatable bonds is 1. The van der Waals surface area contributed by atoms with Crippen molar-refractivity contribution in [1.29, 1.82) is 0 Å². The van der Waals surface area contributed by atoms with Gasteiger partial charge in [0, 0.05) is 12.6 Å². The van der Waals surface area contributed by atoms with Crippen molar-refractivity contribution in [3.63, 3.8) is 0 Å². The molecule has 0 aromatic carbocycles. The van der Waals surface area contributed by atoms with E-state index in [1.807, 2.05) is 0 Å². The van der Waals surface area contributed by atoms with Gasteiger partial charge in [0.25, 0.3) is 5.56 Å². The number of aromatic nitrogens is 2. The molecule has 0 amide bonds. The minimum absolute atomic E-state index is 0.0289. The molecule has 0 aliphatic heterocycles. The lowest BCUT2D eigenvalue weighted by Gasteiger charge is -2.05. The van der Waals surface area contributed by atoms with Crippen molar-refractivity contribution in [3.8, 4) is 0 Å². The minimum Gasteiger partial charge on any atom is -0.359 e. The van der Waals surface area contributed by atoms with Gasteiger partial charge in [-0.1, -0.05) is 6.42 Å². The van der Waals surface area contributed by atoms with Gasteiger partial charge >= 0.3 is 0 Å². The molecule has 4 heteroatoms. The molecular formula is C10H15N3O. The summed E-state index contributed by atoms with van der Waals surface area (Å²) in [5, 5.41) is 2.87. The van der Waals surface area contributed by atoms with Crippen LogP contribution in [0.2, 0.25) is 0 Å². The minimum atomic E-state index is 0.0289. The van der Waals surface area contributed by atoms with Crippen molar-refractivity contribution < 1.29 is 0 Å². The molecule has 14 heavy (non-hydrogen) atoms. The molecular weight excluding hydrogens is 178 g/mol. The van der Waals surface area contributed by atoms with Gasteiger partial charge < -0.3 is 5.32 Å². The smallest absolute Gasteiger partial charge is 0.255 e. The lowest BCUT2D eigenvalue weighted by Crippen LogP contribution is -2.18. The normalized spacial score (nSPS) is 15.8. The number of fused-ring (bicyclic) bond motifs is 1. The molecule has 0 saturated carbocycles. The fourth-order valence-corrected chi connectivity index (χ4v) is 1.90. The molecule has 0 fully saturated rings. The van der Waals surface area contributed by atoms with Gasteiger partial charge in [0.2, 0.25) is 5.95 Å². The van der Waals surface area contributed by atoms with Crippen molar-refractivity contribution in [2.45, 2.75) is 32.1 Å². The van der Waals surface area contributed by atoms with Gasteiger partial charge in [-0.2, -0.15) is 0 Å². The van der Waals surface area contributed by atoms with E-state index in [1.165, 1.54) is 6.42 Å². The van der Waals surface area contributed by atoms with Crippen LogP contribution in [0.25, 0.3) is 0 Å². The van der Waals surface area contributed by atoms with Crippen LogP contribution in [-0.4, -0.2) is 17.0 Å². The van der Waals surface area contributed by atoms with Crippen molar-refractivity contribution in [2.24, 2.45) is 0 Å². The number of H-pyrrole nitrogens is 1. The average molecular weight is 193 g/mol. The second kappa shape index (κ2) is 3.82.